The summed E-state index contributed by atoms with van der Waals surface area (Å²) in [6, 6.07) is 18.2. The normalized spacial score (nSPS) is 10.9. The number of carbonyl (C=O) groups excluding carboxylic acids is 1. The van der Waals surface area contributed by atoms with Gasteiger partial charge in [-0.3, -0.25) is 9.52 Å². The van der Waals surface area contributed by atoms with Crippen LogP contribution in [0.2, 0.25) is 5.02 Å². The highest BCUT2D eigenvalue weighted by Gasteiger charge is 2.17. The number of halogens is 1. The van der Waals surface area contributed by atoms with Gasteiger partial charge in [-0.15, -0.1) is 0 Å². The second-order valence-corrected chi connectivity index (χ2v) is 9.48. The number of benzene rings is 3. The van der Waals surface area contributed by atoms with Crippen LogP contribution in [0.15, 0.2) is 71.6 Å². The Labute approximate surface area is 210 Å². The van der Waals surface area contributed by atoms with Gasteiger partial charge in [-0.25, -0.2) is 8.42 Å². The van der Waals surface area contributed by atoms with Crippen LogP contribution in [0.4, 0.5) is 5.69 Å². The van der Waals surface area contributed by atoms with E-state index in [9.17, 15) is 13.2 Å². The average molecular weight is 519 g/mol. The Kier molecular flexibility index (Phi) is 9.22. The molecule has 3 aromatic rings. The van der Waals surface area contributed by atoms with Gasteiger partial charge in [-0.1, -0.05) is 23.7 Å². The lowest BCUT2D eigenvalue weighted by molar-refractivity contribution is -0.123. The Hall–Kier alpha value is -3.43. The van der Waals surface area contributed by atoms with Crippen LogP contribution in [0.25, 0.3) is 0 Å². The van der Waals surface area contributed by atoms with Crippen molar-refractivity contribution in [2.45, 2.75) is 18.2 Å². The number of rotatable bonds is 12. The van der Waals surface area contributed by atoms with Gasteiger partial charge in [0.1, 0.15) is 17.2 Å². The van der Waals surface area contributed by atoms with Crippen molar-refractivity contribution in [3.63, 3.8) is 0 Å². The maximum atomic E-state index is 12.7. The Balaban J connectivity index is 1.50. The van der Waals surface area contributed by atoms with Crippen LogP contribution in [0.3, 0.4) is 0 Å². The molecule has 8 nitrogen and oxygen atoms in total. The van der Waals surface area contributed by atoms with Crippen molar-refractivity contribution in [1.29, 1.82) is 0 Å². The van der Waals surface area contributed by atoms with E-state index in [1.165, 1.54) is 18.2 Å². The first-order valence-corrected chi connectivity index (χ1v) is 12.7. The van der Waals surface area contributed by atoms with Gasteiger partial charge in [0.25, 0.3) is 15.9 Å². The molecule has 0 spiro atoms. The quantitative estimate of drug-likeness (QED) is 0.371. The van der Waals surface area contributed by atoms with Gasteiger partial charge in [-0.05, 0) is 73.5 Å². The molecule has 10 heteroatoms. The summed E-state index contributed by atoms with van der Waals surface area (Å²) in [6.07, 6.45) is 0.657. The lowest BCUT2D eigenvalue weighted by atomic mass is 10.1. The van der Waals surface area contributed by atoms with Crippen molar-refractivity contribution in [2.75, 3.05) is 31.6 Å². The van der Waals surface area contributed by atoms with E-state index in [2.05, 4.69) is 10.0 Å². The van der Waals surface area contributed by atoms with Gasteiger partial charge in [0.05, 0.1) is 23.6 Å². The van der Waals surface area contributed by atoms with E-state index in [0.717, 1.165) is 11.3 Å². The van der Waals surface area contributed by atoms with Crippen molar-refractivity contribution in [3.8, 4) is 17.2 Å². The van der Waals surface area contributed by atoms with Crippen molar-refractivity contribution >= 4 is 33.2 Å². The Morgan fingerprint density at radius 2 is 1.63 bits per heavy atom. The number of hydrogen-bond acceptors (Lipinski definition) is 6. The van der Waals surface area contributed by atoms with Gasteiger partial charge >= 0.3 is 0 Å². The van der Waals surface area contributed by atoms with Gasteiger partial charge in [-0.2, -0.15) is 0 Å². The van der Waals surface area contributed by atoms with Gasteiger partial charge in [0.15, 0.2) is 6.61 Å². The predicted octanol–water partition coefficient (Wildman–Crippen LogP) is 4.29. The molecule has 0 atom stereocenters. The van der Waals surface area contributed by atoms with E-state index in [-0.39, 0.29) is 28.2 Å². The summed E-state index contributed by atoms with van der Waals surface area (Å²) in [5.41, 5.74) is 1.45. The van der Waals surface area contributed by atoms with E-state index in [1.807, 2.05) is 31.2 Å². The minimum Gasteiger partial charge on any atom is -0.497 e. The first-order chi connectivity index (χ1) is 16.8. The number of hydrogen-bond donors (Lipinski definition) is 2. The second-order valence-electron chi connectivity index (χ2n) is 7.39. The monoisotopic (exact) mass is 518 g/mol. The zero-order valence-corrected chi connectivity index (χ0v) is 21.0. The first-order valence-electron chi connectivity index (χ1n) is 10.9. The van der Waals surface area contributed by atoms with E-state index >= 15 is 0 Å². The molecule has 0 bridgehead atoms. The third kappa shape index (κ3) is 7.80. The molecule has 0 radical (unpaired) electrons. The number of anilines is 1. The highest BCUT2D eigenvalue weighted by Crippen LogP contribution is 2.28. The number of nitrogens with one attached hydrogen (secondary N) is 2. The maximum Gasteiger partial charge on any atom is 0.261 e. The summed E-state index contributed by atoms with van der Waals surface area (Å²) in [5.74, 6) is 1.30. The molecule has 0 aliphatic heterocycles. The van der Waals surface area contributed by atoms with Crippen LogP contribution in [0.1, 0.15) is 12.5 Å². The van der Waals surface area contributed by atoms with E-state index < -0.39 is 10.0 Å². The van der Waals surface area contributed by atoms with Gasteiger partial charge < -0.3 is 19.5 Å². The molecule has 0 fully saturated rings. The smallest absolute Gasteiger partial charge is 0.261 e. The largest absolute Gasteiger partial charge is 0.497 e. The Morgan fingerprint density at radius 3 is 2.26 bits per heavy atom. The summed E-state index contributed by atoms with van der Waals surface area (Å²) in [7, 11) is -2.26. The van der Waals surface area contributed by atoms with Crippen LogP contribution in [-0.4, -0.2) is 41.2 Å². The molecule has 1 amide bonds. The number of ether oxygens (including phenoxy) is 3. The SMILES string of the molecule is CCOc1ccc(NS(=O)(=O)c2ccc(OCC(=O)NCCc3ccc(OC)cc3)c(Cl)c2)cc1. The third-order valence-electron chi connectivity index (χ3n) is 4.88. The van der Waals surface area contributed by atoms with Gasteiger partial charge in [0, 0.05) is 12.2 Å². The Bertz CT molecular complexity index is 1230. The minimum absolute atomic E-state index is 0.0346. The van der Waals surface area contributed by atoms with Crippen LogP contribution >= 0.6 is 11.6 Å². The summed E-state index contributed by atoms with van der Waals surface area (Å²) in [6.45, 7) is 2.57. The van der Waals surface area contributed by atoms with Crippen molar-refractivity contribution in [1.82, 2.24) is 5.32 Å². The fourth-order valence-electron chi connectivity index (χ4n) is 3.10. The molecule has 0 saturated carbocycles. The zero-order chi connectivity index (χ0) is 25.3. The number of amides is 1. The standard InChI is InChI=1S/C25H27ClN2O6S/c1-3-33-21-10-6-19(7-11-21)28-35(30,31)22-12-13-24(23(26)16-22)34-17-25(29)27-15-14-18-4-8-20(32-2)9-5-18/h4-13,16,28H,3,14-15,17H2,1-2H3,(H,27,29). The molecule has 0 aliphatic carbocycles. The third-order valence-corrected chi connectivity index (χ3v) is 6.56. The highest BCUT2D eigenvalue weighted by molar-refractivity contribution is 7.92. The molecule has 0 aliphatic rings. The molecular weight excluding hydrogens is 492 g/mol. The molecule has 186 valence electrons. The molecule has 3 rings (SSSR count). The lowest BCUT2D eigenvalue weighted by Crippen LogP contribution is -2.30. The van der Waals surface area contributed by atoms with E-state index in [0.29, 0.717) is 31.0 Å². The van der Waals surface area contributed by atoms with Crippen molar-refractivity contribution in [2.24, 2.45) is 0 Å². The number of methoxy groups -OCH3 is 1. The number of sulfonamides is 1. The molecular formula is C25H27ClN2O6S. The number of carbonyl (C=O) groups is 1. The predicted molar refractivity (Wildman–Crippen MR) is 135 cm³/mol. The fraction of sp³-hybridized carbons (Fsp3) is 0.240. The average Bonchev–Trinajstić information content (AvgIpc) is 2.85. The lowest BCUT2D eigenvalue weighted by Gasteiger charge is -2.12. The molecule has 0 saturated heterocycles. The molecule has 35 heavy (non-hydrogen) atoms. The molecule has 0 unspecified atom stereocenters. The maximum absolute atomic E-state index is 12.7. The van der Waals surface area contributed by atoms with Crippen LogP contribution in [-0.2, 0) is 21.2 Å². The van der Waals surface area contributed by atoms with Crippen LogP contribution in [0, 0.1) is 0 Å². The fourth-order valence-corrected chi connectivity index (χ4v) is 4.48. The van der Waals surface area contributed by atoms with Crippen LogP contribution in [0.5, 0.6) is 17.2 Å². The van der Waals surface area contributed by atoms with E-state index in [1.54, 1.807) is 31.4 Å². The zero-order valence-electron chi connectivity index (χ0n) is 19.4. The Morgan fingerprint density at radius 1 is 0.943 bits per heavy atom. The topological polar surface area (TPSA) is 103 Å². The van der Waals surface area contributed by atoms with Crippen molar-refractivity contribution in [3.05, 3.63) is 77.3 Å². The highest BCUT2D eigenvalue weighted by atomic mass is 35.5. The summed E-state index contributed by atoms with van der Waals surface area (Å²) in [4.78, 5) is 12.1. The summed E-state index contributed by atoms with van der Waals surface area (Å²) in [5, 5.41) is 2.85. The summed E-state index contributed by atoms with van der Waals surface area (Å²) < 4.78 is 43.8. The van der Waals surface area contributed by atoms with E-state index in [4.69, 9.17) is 25.8 Å². The molecule has 0 aromatic heterocycles. The summed E-state index contributed by atoms with van der Waals surface area (Å²) >= 11 is 6.21. The minimum atomic E-state index is -3.87. The molecule has 0 heterocycles. The second kappa shape index (κ2) is 12.3. The van der Waals surface area contributed by atoms with Gasteiger partial charge in [0.2, 0.25) is 0 Å². The molecule has 2 N–H and O–H groups in total. The first kappa shape index (κ1) is 26.2. The van der Waals surface area contributed by atoms with Crippen molar-refractivity contribution < 1.29 is 27.4 Å². The van der Waals surface area contributed by atoms with Crippen LogP contribution < -0.4 is 24.2 Å². The molecule has 3 aromatic carbocycles.